The van der Waals surface area contributed by atoms with E-state index in [0.29, 0.717) is 13.2 Å². The minimum Gasteiger partial charge on any atom is -0.491 e. The summed E-state index contributed by atoms with van der Waals surface area (Å²) >= 11 is 0. The van der Waals surface area contributed by atoms with Gasteiger partial charge in [-0.1, -0.05) is 12.1 Å². The van der Waals surface area contributed by atoms with E-state index in [0.717, 1.165) is 41.0 Å². The van der Waals surface area contributed by atoms with Gasteiger partial charge in [0.25, 0.3) is 0 Å². The molecule has 7 nitrogen and oxygen atoms in total. The molecule has 0 atom stereocenters. The van der Waals surface area contributed by atoms with Crippen molar-refractivity contribution >= 4 is 0 Å². The van der Waals surface area contributed by atoms with Gasteiger partial charge in [0.2, 0.25) is 0 Å². The number of benzene rings is 1. The molecule has 0 spiro atoms. The SMILES string of the molecule is CC(C)n1nc(CN(C)C)nc1-c1cn2c(n1)-c1ccccc1OCC2. The van der Waals surface area contributed by atoms with Crippen LogP contribution in [0.2, 0.25) is 0 Å². The molecule has 0 unspecified atom stereocenters. The average Bonchev–Trinajstić information content (AvgIpc) is 3.15. The van der Waals surface area contributed by atoms with Gasteiger partial charge in [-0.3, -0.25) is 0 Å². The van der Waals surface area contributed by atoms with Crippen LogP contribution in [0.25, 0.3) is 22.9 Å². The molecule has 26 heavy (non-hydrogen) atoms. The number of hydrogen-bond donors (Lipinski definition) is 0. The molecule has 136 valence electrons. The van der Waals surface area contributed by atoms with Gasteiger partial charge in [0.15, 0.2) is 11.6 Å². The number of rotatable bonds is 4. The maximum Gasteiger partial charge on any atom is 0.178 e. The van der Waals surface area contributed by atoms with E-state index in [2.05, 4.69) is 34.6 Å². The fourth-order valence-corrected chi connectivity index (χ4v) is 3.19. The van der Waals surface area contributed by atoms with Crippen molar-refractivity contribution in [2.24, 2.45) is 0 Å². The summed E-state index contributed by atoms with van der Waals surface area (Å²) in [5.41, 5.74) is 1.86. The van der Waals surface area contributed by atoms with Crippen LogP contribution in [0.1, 0.15) is 25.7 Å². The molecule has 0 N–H and O–H groups in total. The summed E-state index contributed by atoms with van der Waals surface area (Å²) in [6, 6.07) is 8.25. The van der Waals surface area contributed by atoms with E-state index in [-0.39, 0.29) is 6.04 Å². The first-order valence-corrected chi connectivity index (χ1v) is 8.93. The molecule has 0 saturated carbocycles. The summed E-state index contributed by atoms with van der Waals surface area (Å²) in [6.07, 6.45) is 2.06. The maximum absolute atomic E-state index is 5.85. The van der Waals surface area contributed by atoms with Crippen LogP contribution in [-0.4, -0.2) is 49.9 Å². The molecule has 0 bridgehead atoms. The first kappa shape index (κ1) is 16.8. The van der Waals surface area contributed by atoms with Gasteiger partial charge in [0.05, 0.1) is 18.7 Å². The van der Waals surface area contributed by atoms with Gasteiger partial charge in [-0.05, 0) is 40.1 Å². The van der Waals surface area contributed by atoms with Crippen molar-refractivity contribution in [1.82, 2.24) is 29.2 Å². The Labute approximate surface area is 153 Å². The van der Waals surface area contributed by atoms with Crippen molar-refractivity contribution in [3.8, 4) is 28.7 Å². The zero-order valence-corrected chi connectivity index (χ0v) is 15.7. The van der Waals surface area contributed by atoms with Gasteiger partial charge >= 0.3 is 0 Å². The largest absolute Gasteiger partial charge is 0.491 e. The van der Waals surface area contributed by atoms with Gasteiger partial charge in [0, 0.05) is 12.2 Å². The van der Waals surface area contributed by atoms with E-state index in [9.17, 15) is 0 Å². The van der Waals surface area contributed by atoms with Gasteiger partial charge in [0.1, 0.15) is 23.9 Å². The van der Waals surface area contributed by atoms with Gasteiger partial charge < -0.3 is 14.2 Å². The maximum atomic E-state index is 5.85. The summed E-state index contributed by atoms with van der Waals surface area (Å²) in [5.74, 6) is 3.42. The molecule has 3 aromatic rings. The van der Waals surface area contributed by atoms with Crippen molar-refractivity contribution < 1.29 is 4.74 Å². The number of nitrogens with zero attached hydrogens (tertiary/aromatic N) is 6. The minimum absolute atomic E-state index is 0.213. The highest BCUT2D eigenvalue weighted by Gasteiger charge is 2.22. The molecule has 0 aliphatic carbocycles. The number of hydrogen-bond acceptors (Lipinski definition) is 5. The number of imidazole rings is 1. The predicted octanol–water partition coefficient (Wildman–Crippen LogP) is 2.84. The van der Waals surface area contributed by atoms with Crippen molar-refractivity contribution in [1.29, 1.82) is 0 Å². The monoisotopic (exact) mass is 352 g/mol. The minimum atomic E-state index is 0.213. The zero-order valence-electron chi connectivity index (χ0n) is 15.7. The standard InChI is InChI=1S/C19H24N6O/c1-13(2)25-19(21-17(22-25)12-23(3)4)15-11-24-9-10-26-16-8-6-5-7-14(16)18(24)20-15/h5-8,11,13H,9-10,12H2,1-4H3. The third kappa shape index (κ3) is 2.99. The fourth-order valence-electron chi connectivity index (χ4n) is 3.19. The third-order valence-electron chi connectivity index (χ3n) is 4.35. The van der Waals surface area contributed by atoms with E-state index in [1.165, 1.54) is 0 Å². The fraction of sp³-hybridized carbons (Fsp3) is 0.421. The molecule has 0 radical (unpaired) electrons. The summed E-state index contributed by atoms with van der Waals surface area (Å²) in [6.45, 7) is 6.32. The number of ether oxygens (including phenoxy) is 1. The Hall–Kier alpha value is -2.67. The molecule has 1 aromatic carbocycles. The van der Waals surface area contributed by atoms with Crippen LogP contribution in [0, 0.1) is 0 Å². The first-order valence-electron chi connectivity index (χ1n) is 8.93. The van der Waals surface area contributed by atoms with Crippen molar-refractivity contribution in [3.63, 3.8) is 0 Å². The topological polar surface area (TPSA) is 61.0 Å². The molecular weight excluding hydrogens is 328 g/mol. The highest BCUT2D eigenvalue weighted by atomic mass is 16.5. The second-order valence-electron chi connectivity index (χ2n) is 7.12. The lowest BCUT2D eigenvalue weighted by Crippen LogP contribution is -2.12. The lowest BCUT2D eigenvalue weighted by atomic mass is 10.2. The molecular formula is C19H24N6O. The van der Waals surface area contributed by atoms with Crippen LogP contribution in [0.4, 0.5) is 0 Å². The van der Waals surface area contributed by atoms with Gasteiger partial charge in [-0.2, -0.15) is 5.10 Å². The van der Waals surface area contributed by atoms with E-state index in [1.807, 2.05) is 43.0 Å². The predicted molar refractivity (Wildman–Crippen MR) is 100.0 cm³/mol. The lowest BCUT2D eigenvalue weighted by molar-refractivity contribution is 0.306. The Kier molecular flexibility index (Phi) is 4.24. The molecule has 0 saturated heterocycles. The average molecular weight is 352 g/mol. The van der Waals surface area contributed by atoms with Crippen LogP contribution in [-0.2, 0) is 13.1 Å². The number of aromatic nitrogens is 5. The third-order valence-corrected chi connectivity index (χ3v) is 4.35. The molecule has 3 heterocycles. The van der Waals surface area contributed by atoms with Crippen LogP contribution < -0.4 is 4.74 Å². The number of para-hydroxylation sites is 1. The van der Waals surface area contributed by atoms with E-state index in [1.54, 1.807) is 0 Å². The Bertz CT molecular complexity index is 924. The Morgan fingerprint density at radius 2 is 1.96 bits per heavy atom. The molecule has 1 aliphatic heterocycles. The Morgan fingerprint density at radius 3 is 2.73 bits per heavy atom. The second kappa shape index (κ2) is 6.57. The normalized spacial score (nSPS) is 13.5. The van der Waals surface area contributed by atoms with Crippen molar-refractivity contribution in [2.75, 3.05) is 20.7 Å². The van der Waals surface area contributed by atoms with Crippen LogP contribution in [0.5, 0.6) is 5.75 Å². The lowest BCUT2D eigenvalue weighted by Gasteiger charge is -2.08. The van der Waals surface area contributed by atoms with Gasteiger partial charge in [-0.15, -0.1) is 0 Å². The van der Waals surface area contributed by atoms with E-state index in [4.69, 9.17) is 14.7 Å². The molecule has 4 rings (SSSR count). The summed E-state index contributed by atoms with van der Waals surface area (Å²) in [5, 5.41) is 4.69. The highest BCUT2D eigenvalue weighted by Crippen LogP contribution is 2.33. The smallest absolute Gasteiger partial charge is 0.178 e. The molecule has 2 aromatic heterocycles. The Balaban J connectivity index is 1.81. The summed E-state index contributed by atoms with van der Waals surface area (Å²) in [7, 11) is 4.04. The second-order valence-corrected chi connectivity index (χ2v) is 7.12. The van der Waals surface area contributed by atoms with Crippen LogP contribution >= 0.6 is 0 Å². The molecule has 0 amide bonds. The van der Waals surface area contributed by atoms with Gasteiger partial charge in [-0.25, -0.2) is 14.6 Å². The number of fused-ring (bicyclic) bond motifs is 3. The van der Waals surface area contributed by atoms with Crippen molar-refractivity contribution in [2.45, 2.75) is 33.0 Å². The van der Waals surface area contributed by atoms with Crippen LogP contribution in [0.15, 0.2) is 30.5 Å². The van der Waals surface area contributed by atoms with Crippen LogP contribution in [0.3, 0.4) is 0 Å². The zero-order chi connectivity index (χ0) is 18.3. The van der Waals surface area contributed by atoms with E-state index >= 15 is 0 Å². The first-order chi connectivity index (χ1) is 12.5. The molecule has 0 fully saturated rings. The quantitative estimate of drug-likeness (QED) is 0.722. The molecule has 1 aliphatic rings. The van der Waals surface area contributed by atoms with E-state index < -0.39 is 0 Å². The highest BCUT2D eigenvalue weighted by molar-refractivity contribution is 5.68. The Morgan fingerprint density at radius 1 is 1.15 bits per heavy atom. The summed E-state index contributed by atoms with van der Waals surface area (Å²) in [4.78, 5) is 11.7. The molecule has 7 heteroatoms. The summed E-state index contributed by atoms with van der Waals surface area (Å²) < 4.78 is 9.95. The van der Waals surface area contributed by atoms with Crippen molar-refractivity contribution in [3.05, 3.63) is 36.3 Å².